The van der Waals surface area contributed by atoms with Crippen LogP contribution in [0.25, 0.3) is 22.2 Å². The van der Waals surface area contributed by atoms with Crippen molar-refractivity contribution in [1.29, 1.82) is 0 Å². The van der Waals surface area contributed by atoms with Gasteiger partial charge in [0.05, 0.1) is 28.1 Å². The fourth-order valence-corrected chi connectivity index (χ4v) is 4.90. The van der Waals surface area contributed by atoms with Crippen LogP contribution in [0, 0.1) is 0 Å². The molecule has 0 bridgehead atoms. The van der Waals surface area contributed by atoms with Gasteiger partial charge in [-0.3, -0.25) is 9.48 Å². The number of hydrogen-bond donors (Lipinski definition) is 1. The largest absolute Gasteiger partial charge is 0.345 e. The van der Waals surface area contributed by atoms with Crippen molar-refractivity contribution in [2.45, 2.75) is 31.7 Å². The molecule has 4 aromatic rings. The van der Waals surface area contributed by atoms with Crippen LogP contribution in [0.1, 0.15) is 42.1 Å². The SMILES string of the molecule is CN(C)C(=O)c1ccc(Nc2cc3c(cn2)cc(-c2cnn(C)c2)n3C2CCCC2)c(Cl)c1. The summed E-state index contributed by atoms with van der Waals surface area (Å²) in [4.78, 5) is 18.4. The molecule has 5 rings (SSSR count). The van der Waals surface area contributed by atoms with E-state index < -0.39 is 0 Å². The molecule has 170 valence electrons. The van der Waals surface area contributed by atoms with Gasteiger partial charge < -0.3 is 14.8 Å². The first-order chi connectivity index (χ1) is 15.9. The number of nitrogens with one attached hydrogen (secondary N) is 1. The van der Waals surface area contributed by atoms with E-state index in [1.54, 1.807) is 26.2 Å². The molecule has 33 heavy (non-hydrogen) atoms. The summed E-state index contributed by atoms with van der Waals surface area (Å²) in [7, 11) is 5.39. The van der Waals surface area contributed by atoms with Crippen molar-refractivity contribution < 1.29 is 4.79 Å². The zero-order valence-electron chi connectivity index (χ0n) is 19.0. The van der Waals surface area contributed by atoms with Gasteiger partial charge in [-0.05, 0) is 37.1 Å². The maximum Gasteiger partial charge on any atom is 0.253 e. The van der Waals surface area contributed by atoms with Crippen molar-refractivity contribution in [3.63, 3.8) is 0 Å². The average Bonchev–Trinajstić information content (AvgIpc) is 3.53. The predicted octanol–water partition coefficient (Wildman–Crippen LogP) is 5.65. The Balaban J connectivity index is 1.53. The minimum atomic E-state index is -0.0830. The topological polar surface area (TPSA) is 68.0 Å². The molecule has 1 aromatic carbocycles. The number of carbonyl (C=O) groups is 1. The Kier molecular flexibility index (Phi) is 5.58. The molecule has 0 radical (unpaired) electrons. The molecule has 1 fully saturated rings. The van der Waals surface area contributed by atoms with E-state index in [9.17, 15) is 4.79 Å². The Bertz CT molecular complexity index is 1330. The Hall–Kier alpha value is -3.32. The van der Waals surface area contributed by atoms with Crippen LogP contribution in [0.5, 0.6) is 0 Å². The Labute approximate surface area is 198 Å². The molecule has 8 heteroatoms. The number of anilines is 2. The van der Waals surface area contributed by atoms with Crippen LogP contribution in [-0.2, 0) is 7.05 Å². The first-order valence-corrected chi connectivity index (χ1v) is 11.6. The van der Waals surface area contributed by atoms with E-state index in [4.69, 9.17) is 11.6 Å². The lowest BCUT2D eigenvalue weighted by atomic mass is 10.2. The zero-order chi connectivity index (χ0) is 23.1. The van der Waals surface area contributed by atoms with Crippen LogP contribution in [-0.4, -0.2) is 44.2 Å². The number of pyridine rings is 1. The van der Waals surface area contributed by atoms with Gasteiger partial charge >= 0.3 is 0 Å². The van der Waals surface area contributed by atoms with Crippen LogP contribution in [0.4, 0.5) is 11.5 Å². The van der Waals surface area contributed by atoms with Crippen LogP contribution in [0.15, 0.2) is 48.9 Å². The third-order valence-electron chi connectivity index (χ3n) is 6.30. The van der Waals surface area contributed by atoms with Gasteiger partial charge in [0.15, 0.2) is 0 Å². The molecule has 0 aliphatic heterocycles. The van der Waals surface area contributed by atoms with Gasteiger partial charge in [0, 0.05) is 62.2 Å². The van der Waals surface area contributed by atoms with Gasteiger partial charge in [-0.15, -0.1) is 0 Å². The smallest absolute Gasteiger partial charge is 0.253 e. The van der Waals surface area contributed by atoms with Crippen LogP contribution in [0.3, 0.4) is 0 Å². The molecule has 0 spiro atoms. The molecule has 0 unspecified atom stereocenters. The minimum Gasteiger partial charge on any atom is -0.345 e. The summed E-state index contributed by atoms with van der Waals surface area (Å²) in [6.07, 6.45) is 10.7. The van der Waals surface area contributed by atoms with E-state index >= 15 is 0 Å². The fourth-order valence-electron chi connectivity index (χ4n) is 4.67. The van der Waals surface area contributed by atoms with E-state index in [2.05, 4.69) is 38.3 Å². The quantitative estimate of drug-likeness (QED) is 0.416. The molecule has 1 saturated carbocycles. The van der Waals surface area contributed by atoms with E-state index in [1.807, 2.05) is 30.2 Å². The number of aromatic nitrogens is 4. The Morgan fingerprint density at radius 2 is 1.94 bits per heavy atom. The maximum atomic E-state index is 12.2. The minimum absolute atomic E-state index is 0.0830. The number of benzene rings is 1. The predicted molar refractivity (Wildman–Crippen MR) is 132 cm³/mol. The monoisotopic (exact) mass is 462 g/mol. The van der Waals surface area contributed by atoms with Gasteiger partial charge in [-0.2, -0.15) is 5.10 Å². The second-order valence-electron chi connectivity index (χ2n) is 8.89. The third kappa shape index (κ3) is 4.09. The molecular weight excluding hydrogens is 436 g/mol. The third-order valence-corrected chi connectivity index (χ3v) is 6.61. The standard InChI is InChI=1S/C25H27ClN6O/c1-30(2)25(33)16-8-9-21(20(26)10-16)29-24-12-23-17(13-27-24)11-22(18-14-28-31(3)15-18)32(23)19-6-4-5-7-19/h8-15,19H,4-7H2,1-3H3,(H,27,29). The highest BCUT2D eigenvalue weighted by atomic mass is 35.5. The number of hydrogen-bond acceptors (Lipinski definition) is 4. The first-order valence-electron chi connectivity index (χ1n) is 11.2. The molecule has 3 heterocycles. The van der Waals surface area contributed by atoms with Gasteiger partial charge in [-0.1, -0.05) is 24.4 Å². The van der Waals surface area contributed by atoms with Crippen LogP contribution < -0.4 is 5.32 Å². The summed E-state index contributed by atoms with van der Waals surface area (Å²) in [6, 6.07) is 10.0. The molecule has 0 saturated heterocycles. The molecule has 1 N–H and O–H groups in total. The Morgan fingerprint density at radius 1 is 1.15 bits per heavy atom. The number of fused-ring (bicyclic) bond motifs is 1. The van der Waals surface area contributed by atoms with Gasteiger partial charge in [0.25, 0.3) is 5.91 Å². The van der Waals surface area contributed by atoms with Crippen LogP contribution >= 0.6 is 11.6 Å². The fraction of sp³-hybridized carbons (Fsp3) is 0.320. The highest BCUT2D eigenvalue weighted by molar-refractivity contribution is 6.33. The lowest BCUT2D eigenvalue weighted by molar-refractivity contribution is 0.0827. The second kappa shape index (κ2) is 8.56. The summed E-state index contributed by atoms with van der Waals surface area (Å²) in [5.74, 6) is 0.631. The molecule has 7 nitrogen and oxygen atoms in total. The van der Waals surface area contributed by atoms with E-state index in [0.29, 0.717) is 28.1 Å². The van der Waals surface area contributed by atoms with Crippen LogP contribution in [0.2, 0.25) is 5.02 Å². The molecule has 1 aliphatic carbocycles. The zero-order valence-corrected chi connectivity index (χ0v) is 19.8. The van der Waals surface area contributed by atoms with Crippen molar-refractivity contribution in [3.05, 3.63) is 59.5 Å². The normalized spacial score (nSPS) is 14.2. The highest BCUT2D eigenvalue weighted by Crippen LogP contribution is 2.39. The summed E-state index contributed by atoms with van der Waals surface area (Å²) >= 11 is 6.49. The molecule has 0 atom stereocenters. The summed E-state index contributed by atoms with van der Waals surface area (Å²) in [5, 5.41) is 9.29. The maximum absolute atomic E-state index is 12.2. The second-order valence-corrected chi connectivity index (χ2v) is 9.30. The number of nitrogens with zero attached hydrogens (tertiary/aromatic N) is 5. The van der Waals surface area contributed by atoms with Crippen molar-refractivity contribution in [2.75, 3.05) is 19.4 Å². The summed E-state index contributed by atoms with van der Waals surface area (Å²) in [5.41, 5.74) is 4.70. The Morgan fingerprint density at radius 3 is 2.61 bits per heavy atom. The molecular formula is C25H27ClN6O. The van der Waals surface area contributed by atoms with Crippen molar-refractivity contribution in [3.8, 4) is 11.3 Å². The lowest BCUT2D eigenvalue weighted by Crippen LogP contribution is -2.21. The summed E-state index contributed by atoms with van der Waals surface area (Å²) in [6.45, 7) is 0. The van der Waals surface area contributed by atoms with Crippen molar-refractivity contribution >= 4 is 39.9 Å². The number of carbonyl (C=O) groups excluding carboxylic acids is 1. The lowest BCUT2D eigenvalue weighted by Gasteiger charge is -2.18. The van der Waals surface area contributed by atoms with Crippen molar-refractivity contribution in [2.24, 2.45) is 7.05 Å². The number of aryl methyl sites for hydroxylation is 1. The van der Waals surface area contributed by atoms with E-state index in [1.165, 1.54) is 36.3 Å². The summed E-state index contributed by atoms with van der Waals surface area (Å²) < 4.78 is 4.29. The highest BCUT2D eigenvalue weighted by Gasteiger charge is 2.23. The molecule has 1 aliphatic rings. The average molecular weight is 463 g/mol. The molecule has 1 amide bonds. The van der Waals surface area contributed by atoms with Gasteiger partial charge in [0.2, 0.25) is 0 Å². The molecule has 3 aromatic heterocycles. The van der Waals surface area contributed by atoms with Gasteiger partial charge in [0.1, 0.15) is 5.82 Å². The van der Waals surface area contributed by atoms with Gasteiger partial charge in [-0.25, -0.2) is 4.98 Å². The number of rotatable bonds is 5. The van der Waals surface area contributed by atoms with E-state index in [0.717, 1.165) is 16.5 Å². The van der Waals surface area contributed by atoms with Crippen molar-refractivity contribution in [1.82, 2.24) is 24.2 Å². The first kappa shape index (κ1) is 21.5. The van der Waals surface area contributed by atoms with E-state index in [-0.39, 0.29) is 5.91 Å². The number of amides is 1. The number of halogens is 1.